The molecule has 1 amide bonds. The van der Waals surface area contributed by atoms with Crippen molar-refractivity contribution >= 4 is 33.2 Å². The van der Waals surface area contributed by atoms with Gasteiger partial charge in [-0.25, -0.2) is 0 Å². The number of aliphatic hydroxyl groups is 1. The first-order chi connectivity index (χ1) is 8.49. The molecular weight excluding hydrogens is 314 g/mol. The van der Waals surface area contributed by atoms with Gasteiger partial charge in [-0.3, -0.25) is 4.79 Å². The highest BCUT2D eigenvalue weighted by Gasteiger charge is 2.22. The molecule has 18 heavy (non-hydrogen) atoms. The zero-order chi connectivity index (χ0) is 13.6. The Kier molecular flexibility index (Phi) is 6.32. The molecule has 0 saturated heterocycles. The largest absolute Gasteiger partial charge is 0.388 e. The van der Waals surface area contributed by atoms with Crippen LogP contribution in [-0.4, -0.2) is 23.2 Å². The van der Waals surface area contributed by atoms with Crippen molar-refractivity contribution in [3.63, 3.8) is 0 Å². The van der Waals surface area contributed by atoms with Gasteiger partial charge in [0, 0.05) is 27.7 Å². The van der Waals surface area contributed by atoms with E-state index in [0.29, 0.717) is 25.8 Å². The van der Waals surface area contributed by atoms with Crippen LogP contribution in [0.2, 0.25) is 0 Å². The number of aryl methyl sites for hydroxylation is 1. The van der Waals surface area contributed by atoms with E-state index in [1.807, 2.05) is 25.3 Å². The van der Waals surface area contributed by atoms with Gasteiger partial charge in [-0.15, -0.1) is 11.3 Å². The standard InChI is InChI=1S/C13H20BrNO2S/c1-3-13(17,4-2)9-15-12(16)6-5-11-7-10(14)8-18-11/h7-8,17H,3-6,9H2,1-2H3,(H,15,16). The van der Waals surface area contributed by atoms with E-state index >= 15 is 0 Å². The summed E-state index contributed by atoms with van der Waals surface area (Å²) >= 11 is 5.04. The van der Waals surface area contributed by atoms with Gasteiger partial charge in [0.25, 0.3) is 0 Å². The predicted octanol–water partition coefficient (Wildman–Crippen LogP) is 3.11. The molecule has 0 aliphatic rings. The molecule has 1 aromatic heterocycles. The van der Waals surface area contributed by atoms with Crippen molar-refractivity contribution in [3.8, 4) is 0 Å². The summed E-state index contributed by atoms with van der Waals surface area (Å²) in [6.45, 7) is 4.20. The number of carbonyl (C=O) groups excluding carboxylic acids is 1. The highest BCUT2D eigenvalue weighted by atomic mass is 79.9. The van der Waals surface area contributed by atoms with Gasteiger partial charge in [-0.2, -0.15) is 0 Å². The van der Waals surface area contributed by atoms with Crippen LogP contribution in [0, 0.1) is 0 Å². The molecule has 0 aliphatic heterocycles. The molecule has 0 spiro atoms. The summed E-state index contributed by atoms with van der Waals surface area (Å²) in [5.74, 6) is -0.000141. The highest BCUT2D eigenvalue weighted by molar-refractivity contribution is 9.10. The highest BCUT2D eigenvalue weighted by Crippen LogP contribution is 2.20. The van der Waals surface area contributed by atoms with Crippen LogP contribution in [0.25, 0.3) is 0 Å². The Morgan fingerprint density at radius 3 is 2.67 bits per heavy atom. The van der Waals surface area contributed by atoms with E-state index in [1.54, 1.807) is 11.3 Å². The Bertz CT molecular complexity index is 388. The van der Waals surface area contributed by atoms with Gasteiger partial charge in [-0.05, 0) is 41.3 Å². The topological polar surface area (TPSA) is 49.3 Å². The molecule has 1 aromatic rings. The molecule has 102 valence electrons. The second-order valence-corrected chi connectivity index (χ2v) is 6.35. The van der Waals surface area contributed by atoms with Crippen molar-refractivity contribution in [2.45, 2.75) is 45.1 Å². The lowest BCUT2D eigenvalue weighted by atomic mass is 9.97. The molecule has 1 heterocycles. The van der Waals surface area contributed by atoms with Crippen molar-refractivity contribution in [1.82, 2.24) is 5.32 Å². The lowest BCUT2D eigenvalue weighted by Gasteiger charge is -2.25. The third kappa shape index (κ3) is 5.08. The number of rotatable bonds is 7. The zero-order valence-electron chi connectivity index (χ0n) is 10.8. The average Bonchev–Trinajstić information content (AvgIpc) is 2.79. The first kappa shape index (κ1) is 15.7. The van der Waals surface area contributed by atoms with Gasteiger partial charge < -0.3 is 10.4 Å². The molecule has 0 aliphatic carbocycles. The van der Waals surface area contributed by atoms with Crippen molar-refractivity contribution < 1.29 is 9.90 Å². The van der Waals surface area contributed by atoms with Crippen LogP contribution < -0.4 is 5.32 Å². The Morgan fingerprint density at radius 1 is 1.50 bits per heavy atom. The predicted molar refractivity (Wildman–Crippen MR) is 78.9 cm³/mol. The van der Waals surface area contributed by atoms with E-state index in [2.05, 4.69) is 21.2 Å². The van der Waals surface area contributed by atoms with E-state index in [0.717, 1.165) is 10.9 Å². The molecule has 0 saturated carbocycles. The molecule has 0 radical (unpaired) electrons. The molecule has 0 bridgehead atoms. The van der Waals surface area contributed by atoms with Crippen molar-refractivity contribution in [2.75, 3.05) is 6.54 Å². The van der Waals surface area contributed by atoms with Crippen molar-refractivity contribution in [3.05, 3.63) is 20.8 Å². The molecule has 5 heteroatoms. The molecule has 0 aromatic carbocycles. The van der Waals surface area contributed by atoms with E-state index in [9.17, 15) is 9.90 Å². The third-order valence-electron chi connectivity index (χ3n) is 3.15. The van der Waals surface area contributed by atoms with E-state index in [-0.39, 0.29) is 5.91 Å². The van der Waals surface area contributed by atoms with Crippen molar-refractivity contribution in [2.24, 2.45) is 0 Å². The van der Waals surface area contributed by atoms with Crippen LogP contribution in [0.4, 0.5) is 0 Å². The Morgan fingerprint density at radius 2 is 2.17 bits per heavy atom. The second-order valence-electron chi connectivity index (χ2n) is 4.44. The lowest BCUT2D eigenvalue weighted by molar-refractivity contribution is -0.122. The van der Waals surface area contributed by atoms with Gasteiger partial charge in [0.2, 0.25) is 5.91 Å². The molecule has 1 rings (SSSR count). The monoisotopic (exact) mass is 333 g/mol. The number of halogens is 1. The van der Waals surface area contributed by atoms with Gasteiger partial charge >= 0.3 is 0 Å². The molecule has 0 unspecified atom stereocenters. The molecule has 3 nitrogen and oxygen atoms in total. The fourth-order valence-corrected chi connectivity index (χ4v) is 3.03. The van der Waals surface area contributed by atoms with Crippen LogP contribution in [0.1, 0.15) is 38.0 Å². The molecule has 0 fully saturated rings. The van der Waals surface area contributed by atoms with Crippen molar-refractivity contribution in [1.29, 1.82) is 0 Å². The Balaban J connectivity index is 2.30. The van der Waals surface area contributed by atoms with Gasteiger partial charge in [-0.1, -0.05) is 13.8 Å². The van der Waals surface area contributed by atoms with Crippen LogP contribution in [0.15, 0.2) is 15.9 Å². The molecular formula is C13H20BrNO2S. The van der Waals surface area contributed by atoms with E-state index < -0.39 is 5.60 Å². The molecule has 2 N–H and O–H groups in total. The number of thiophene rings is 1. The number of hydrogen-bond donors (Lipinski definition) is 2. The first-order valence-corrected chi connectivity index (χ1v) is 7.88. The van der Waals surface area contributed by atoms with Crippen LogP contribution in [0.3, 0.4) is 0 Å². The van der Waals surface area contributed by atoms with E-state index in [4.69, 9.17) is 0 Å². The number of amides is 1. The van der Waals surface area contributed by atoms with Crippen LogP contribution in [-0.2, 0) is 11.2 Å². The third-order valence-corrected chi connectivity index (χ3v) is 4.91. The summed E-state index contributed by atoms with van der Waals surface area (Å²) in [6, 6.07) is 2.03. The number of hydrogen-bond acceptors (Lipinski definition) is 3. The van der Waals surface area contributed by atoms with Crippen LogP contribution in [0.5, 0.6) is 0 Å². The minimum absolute atomic E-state index is 0.000141. The summed E-state index contributed by atoms with van der Waals surface area (Å²) in [6.07, 6.45) is 2.53. The van der Waals surface area contributed by atoms with E-state index in [1.165, 1.54) is 4.88 Å². The molecule has 0 atom stereocenters. The summed E-state index contributed by atoms with van der Waals surface area (Å²) in [5, 5.41) is 14.9. The smallest absolute Gasteiger partial charge is 0.220 e. The summed E-state index contributed by atoms with van der Waals surface area (Å²) < 4.78 is 1.06. The van der Waals surface area contributed by atoms with Gasteiger partial charge in [0.15, 0.2) is 0 Å². The minimum atomic E-state index is -0.762. The lowest BCUT2D eigenvalue weighted by Crippen LogP contribution is -2.42. The number of carbonyl (C=O) groups is 1. The maximum atomic E-state index is 11.7. The van der Waals surface area contributed by atoms with Crippen LogP contribution >= 0.6 is 27.3 Å². The summed E-state index contributed by atoms with van der Waals surface area (Å²) in [4.78, 5) is 12.9. The van der Waals surface area contributed by atoms with Gasteiger partial charge in [0.1, 0.15) is 0 Å². The SMILES string of the molecule is CCC(O)(CC)CNC(=O)CCc1cc(Br)cs1. The fraction of sp³-hybridized carbons (Fsp3) is 0.615. The maximum absolute atomic E-state index is 11.7. The fourth-order valence-electron chi connectivity index (χ4n) is 1.57. The maximum Gasteiger partial charge on any atom is 0.220 e. The normalized spacial score (nSPS) is 11.6. The Labute approximate surface area is 121 Å². The summed E-state index contributed by atoms with van der Waals surface area (Å²) in [7, 11) is 0. The Hall–Kier alpha value is -0.390. The van der Waals surface area contributed by atoms with Gasteiger partial charge in [0.05, 0.1) is 5.60 Å². The minimum Gasteiger partial charge on any atom is -0.388 e. The zero-order valence-corrected chi connectivity index (χ0v) is 13.2. The first-order valence-electron chi connectivity index (χ1n) is 6.21. The number of nitrogens with one attached hydrogen (secondary N) is 1. The average molecular weight is 334 g/mol. The quantitative estimate of drug-likeness (QED) is 0.805. The second kappa shape index (κ2) is 7.26. The summed E-state index contributed by atoms with van der Waals surface area (Å²) in [5.41, 5.74) is -0.762.